The molecule has 0 atom stereocenters. The minimum atomic E-state index is -0.0974. The molecule has 0 radical (unpaired) electrons. The molecule has 21 heavy (non-hydrogen) atoms. The number of hydrogen-bond acceptors (Lipinski definition) is 3. The summed E-state index contributed by atoms with van der Waals surface area (Å²) >= 11 is 1.43. The Kier molecular flexibility index (Phi) is 5.11. The molecule has 0 aliphatic heterocycles. The van der Waals surface area contributed by atoms with Crippen molar-refractivity contribution in [2.75, 3.05) is 6.54 Å². The molecule has 1 heterocycles. The fourth-order valence-electron chi connectivity index (χ4n) is 1.95. The first-order valence-electron chi connectivity index (χ1n) is 6.81. The third-order valence-corrected chi connectivity index (χ3v) is 4.06. The van der Waals surface area contributed by atoms with Crippen LogP contribution in [0.1, 0.15) is 38.1 Å². The molecule has 4 nitrogen and oxygen atoms in total. The predicted octanol–water partition coefficient (Wildman–Crippen LogP) is 2.74. The second-order valence-corrected chi connectivity index (χ2v) is 5.59. The quantitative estimate of drug-likeness (QED) is 0.892. The molecule has 2 aromatic rings. The second kappa shape index (κ2) is 7.04. The highest BCUT2D eigenvalue weighted by Gasteiger charge is 2.10. The van der Waals surface area contributed by atoms with Crippen LogP contribution in [-0.2, 0) is 6.54 Å². The Morgan fingerprint density at radius 3 is 2.62 bits per heavy atom. The van der Waals surface area contributed by atoms with Crippen molar-refractivity contribution >= 4 is 23.2 Å². The van der Waals surface area contributed by atoms with Crippen LogP contribution in [0.15, 0.2) is 35.7 Å². The lowest BCUT2D eigenvalue weighted by Gasteiger charge is -2.07. The smallest absolute Gasteiger partial charge is 0.261 e. The van der Waals surface area contributed by atoms with Crippen molar-refractivity contribution in [3.63, 3.8) is 0 Å². The molecule has 0 spiro atoms. The van der Waals surface area contributed by atoms with E-state index in [0.717, 1.165) is 16.0 Å². The van der Waals surface area contributed by atoms with E-state index in [2.05, 4.69) is 10.6 Å². The molecular formula is C16H18N2O2S. The van der Waals surface area contributed by atoms with E-state index in [1.165, 1.54) is 11.3 Å². The van der Waals surface area contributed by atoms with Crippen molar-refractivity contribution in [3.8, 4) is 0 Å². The molecule has 0 aliphatic carbocycles. The Balaban J connectivity index is 2.00. The first-order valence-corrected chi connectivity index (χ1v) is 7.69. The number of carbonyl (C=O) groups is 2. The Labute approximate surface area is 128 Å². The van der Waals surface area contributed by atoms with Crippen molar-refractivity contribution in [3.05, 3.63) is 57.3 Å². The van der Waals surface area contributed by atoms with E-state index in [0.29, 0.717) is 18.7 Å². The molecule has 1 aromatic carbocycles. The van der Waals surface area contributed by atoms with Crippen LogP contribution in [0.2, 0.25) is 0 Å². The van der Waals surface area contributed by atoms with Gasteiger partial charge in [-0.1, -0.05) is 12.1 Å². The molecule has 0 saturated carbocycles. The zero-order valence-electron chi connectivity index (χ0n) is 12.1. The largest absolute Gasteiger partial charge is 0.352 e. The number of nitrogens with one attached hydrogen (secondary N) is 2. The molecule has 5 heteroatoms. The van der Waals surface area contributed by atoms with E-state index >= 15 is 0 Å². The van der Waals surface area contributed by atoms with Crippen molar-refractivity contribution in [2.24, 2.45) is 0 Å². The molecule has 0 unspecified atom stereocenters. The van der Waals surface area contributed by atoms with Gasteiger partial charge in [-0.2, -0.15) is 0 Å². The lowest BCUT2D eigenvalue weighted by molar-refractivity contribution is 0.0949. The topological polar surface area (TPSA) is 58.2 Å². The Hall–Kier alpha value is -2.14. The highest BCUT2D eigenvalue weighted by Crippen LogP contribution is 2.15. The lowest BCUT2D eigenvalue weighted by Crippen LogP contribution is -2.24. The van der Waals surface area contributed by atoms with Gasteiger partial charge in [0.05, 0.1) is 4.88 Å². The third kappa shape index (κ3) is 3.92. The standard InChI is InChI=1S/C16H18N2O2S/c1-3-17-15(19)13-6-4-5-12(9-13)10-18-16(20)14-11(2)7-8-21-14/h4-9H,3,10H2,1-2H3,(H,17,19)(H,18,20). The average Bonchev–Trinajstić information content (AvgIpc) is 2.91. The molecule has 2 N–H and O–H groups in total. The van der Waals surface area contributed by atoms with E-state index < -0.39 is 0 Å². The van der Waals surface area contributed by atoms with Gasteiger partial charge in [0.15, 0.2) is 0 Å². The maximum atomic E-state index is 12.0. The molecular weight excluding hydrogens is 284 g/mol. The fraction of sp³-hybridized carbons (Fsp3) is 0.250. The van der Waals surface area contributed by atoms with Crippen molar-refractivity contribution in [1.29, 1.82) is 0 Å². The van der Waals surface area contributed by atoms with Crippen molar-refractivity contribution in [2.45, 2.75) is 20.4 Å². The number of carbonyl (C=O) groups excluding carboxylic acids is 2. The maximum Gasteiger partial charge on any atom is 0.261 e. The van der Waals surface area contributed by atoms with Crippen LogP contribution in [0.3, 0.4) is 0 Å². The van der Waals surface area contributed by atoms with E-state index in [4.69, 9.17) is 0 Å². The normalized spacial score (nSPS) is 10.2. The van der Waals surface area contributed by atoms with Crippen LogP contribution < -0.4 is 10.6 Å². The van der Waals surface area contributed by atoms with Crippen LogP contribution in [-0.4, -0.2) is 18.4 Å². The number of thiophene rings is 1. The zero-order chi connectivity index (χ0) is 15.2. The van der Waals surface area contributed by atoms with E-state index in [9.17, 15) is 9.59 Å². The van der Waals surface area contributed by atoms with E-state index in [1.54, 1.807) is 12.1 Å². The second-order valence-electron chi connectivity index (χ2n) is 4.68. The SMILES string of the molecule is CCNC(=O)c1cccc(CNC(=O)c2sccc2C)c1. The molecule has 2 rings (SSSR count). The van der Waals surface area contributed by atoms with Crippen LogP contribution in [0.25, 0.3) is 0 Å². The highest BCUT2D eigenvalue weighted by atomic mass is 32.1. The van der Waals surface area contributed by atoms with Gasteiger partial charge in [-0.25, -0.2) is 0 Å². The summed E-state index contributed by atoms with van der Waals surface area (Å²) in [6, 6.07) is 9.20. The summed E-state index contributed by atoms with van der Waals surface area (Å²) in [6.45, 7) is 4.80. The molecule has 1 aromatic heterocycles. The van der Waals surface area contributed by atoms with Gasteiger partial charge in [0.2, 0.25) is 0 Å². The summed E-state index contributed by atoms with van der Waals surface area (Å²) in [6.07, 6.45) is 0. The average molecular weight is 302 g/mol. The van der Waals surface area contributed by atoms with Crippen LogP contribution in [0.4, 0.5) is 0 Å². The van der Waals surface area contributed by atoms with Crippen molar-refractivity contribution in [1.82, 2.24) is 10.6 Å². The lowest BCUT2D eigenvalue weighted by atomic mass is 10.1. The highest BCUT2D eigenvalue weighted by molar-refractivity contribution is 7.12. The summed E-state index contributed by atoms with van der Waals surface area (Å²) in [5.41, 5.74) is 2.49. The minimum absolute atomic E-state index is 0.0779. The number of hydrogen-bond donors (Lipinski definition) is 2. The van der Waals surface area contributed by atoms with Gasteiger partial charge < -0.3 is 10.6 Å². The molecule has 0 aliphatic rings. The first-order chi connectivity index (χ1) is 10.1. The Morgan fingerprint density at radius 2 is 1.95 bits per heavy atom. The van der Waals surface area contributed by atoms with Gasteiger partial charge in [-0.05, 0) is 48.6 Å². The third-order valence-electron chi connectivity index (χ3n) is 3.05. The van der Waals surface area contributed by atoms with Crippen LogP contribution >= 0.6 is 11.3 Å². The van der Waals surface area contributed by atoms with Gasteiger partial charge in [-0.15, -0.1) is 11.3 Å². The number of benzene rings is 1. The summed E-state index contributed by atoms with van der Waals surface area (Å²) in [5, 5.41) is 7.54. The first kappa shape index (κ1) is 15.3. The van der Waals surface area contributed by atoms with E-state index in [1.807, 2.05) is 37.4 Å². The van der Waals surface area contributed by atoms with Crippen LogP contribution in [0, 0.1) is 6.92 Å². The predicted molar refractivity (Wildman–Crippen MR) is 84.7 cm³/mol. The summed E-state index contributed by atoms with van der Waals surface area (Å²) in [5.74, 6) is -0.175. The summed E-state index contributed by atoms with van der Waals surface area (Å²) < 4.78 is 0. The number of amides is 2. The zero-order valence-corrected chi connectivity index (χ0v) is 12.9. The Morgan fingerprint density at radius 1 is 1.14 bits per heavy atom. The van der Waals surface area contributed by atoms with Gasteiger partial charge >= 0.3 is 0 Å². The minimum Gasteiger partial charge on any atom is -0.352 e. The van der Waals surface area contributed by atoms with Crippen molar-refractivity contribution < 1.29 is 9.59 Å². The fourth-order valence-corrected chi connectivity index (χ4v) is 2.79. The van der Waals surface area contributed by atoms with E-state index in [-0.39, 0.29) is 11.8 Å². The van der Waals surface area contributed by atoms with Gasteiger partial charge in [0.1, 0.15) is 0 Å². The molecule has 110 valence electrons. The molecule has 0 bridgehead atoms. The Bertz CT molecular complexity index is 649. The van der Waals surface area contributed by atoms with Crippen LogP contribution in [0.5, 0.6) is 0 Å². The summed E-state index contributed by atoms with van der Waals surface area (Å²) in [7, 11) is 0. The maximum absolute atomic E-state index is 12.0. The van der Waals surface area contributed by atoms with Gasteiger partial charge in [0.25, 0.3) is 11.8 Å². The number of aryl methyl sites for hydroxylation is 1. The summed E-state index contributed by atoms with van der Waals surface area (Å²) in [4.78, 5) is 24.5. The molecule has 0 fully saturated rings. The molecule has 0 saturated heterocycles. The monoisotopic (exact) mass is 302 g/mol. The number of rotatable bonds is 5. The van der Waals surface area contributed by atoms with Gasteiger partial charge in [-0.3, -0.25) is 9.59 Å². The van der Waals surface area contributed by atoms with Gasteiger partial charge in [0, 0.05) is 18.7 Å². The molecule has 2 amide bonds.